The molecule has 1 heteroatoms. The highest BCUT2D eigenvalue weighted by molar-refractivity contribution is 5.50. The second kappa shape index (κ2) is 2.50. The molecule has 0 saturated heterocycles. The van der Waals surface area contributed by atoms with Gasteiger partial charge in [0.15, 0.2) is 0 Å². The first kappa shape index (κ1) is 7.43. The lowest BCUT2D eigenvalue weighted by Crippen LogP contribution is -1.93. The quantitative estimate of drug-likeness (QED) is 0.587. The molecule has 0 unspecified atom stereocenters. The minimum Gasteiger partial charge on any atom is -0.493 e. The number of hydrogen-bond donors (Lipinski definition) is 0. The summed E-state index contributed by atoms with van der Waals surface area (Å²) in [5, 5.41) is 0. The van der Waals surface area contributed by atoms with Gasteiger partial charge in [-0.05, 0) is 36.0 Å². The predicted molar refractivity (Wildman–Crippen MR) is 52.4 cm³/mol. The minimum absolute atomic E-state index is 0.756. The van der Waals surface area contributed by atoms with Crippen molar-refractivity contribution >= 4 is 0 Å². The molecule has 13 heavy (non-hydrogen) atoms. The second-order valence-corrected chi connectivity index (χ2v) is 4.15. The van der Waals surface area contributed by atoms with Gasteiger partial charge in [0.2, 0.25) is 0 Å². The minimum atomic E-state index is 0.756. The smallest absolute Gasteiger partial charge is 0.122 e. The summed E-state index contributed by atoms with van der Waals surface area (Å²) < 4.78 is 5.57. The third-order valence-corrected chi connectivity index (χ3v) is 3.35. The average Bonchev–Trinajstić information content (AvgIpc) is 2.70. The molecule has 0 spiro atoms. The van der Waals surface area contributed by atoms with Crippen LogP contribution >= 0.6 is 0 Å². The molecule has 0 aromatic heterocycles. The SMILES string of the molecule is C[C@@H]1CCc2ccc3c(c21)CCO3. The van der Waals surface area contributed by atoms with Crippen molar-refractivity contribution < 1.29 is 4.74 Å². The first-order chi connectivity index (χ1) is 6.36. The van der Waals surface area contributed by atoms with Crippen LogP contribution in [0.15, 0.2) is 12.1 Å². The standard InChI is InChI=1S/C12H14O/c1-8-2-3-9-4-5-11-10(12(8)9)6-7-13-11/h4-5,8H,2-3,6-7H2,1H3/t8-/m1/s1. The Hall–Kier alpha value is -0.980. The maximum absolute atomic E-state index is 5.57. The van der Waals surface area contributed by atoms with Crippen LogP contribution in [0.3, 0.4) is 0 Å². The van der Waals surface area contributed by atoms with Gasteiger partial charge in [-0.2, -0.15) is 0 Å². The van der Waals surface area contributed by atoms with E-state index in [1.54, 1.807) is 11.1 Å². The van der Waals surface area contributed by atoms with E-state index >= 15 is 0 Å². The van der Waals surface area contributed by atoms with Crippen LogP contribution in [0.2, 0.25) is 0 Å². The highest BCUT2D eigenvalue weighted by Gasteiger charge is 2.26. The number of rotatable bonds is 0. The highest BCUT2D eigenvalue weighted by Crippen LogP contribution is 2.41. The van der Waals surface area contributed by atoms with Crippen molar-refractivity contribution in [1.82, 2.24) is 0 Å². The largest absolute Gasteiger partial charge is 0.493 e. The number of aryl methyl sites for hydroxylation is 1. The van der Waals surface area contributed by atoms with E-state index in [1.165, 1.54) is 18.4 Å². The first-order valence-electron chi connectivity index (χ1n) is 5.13. The van der Waals surface area contributed by atoms with Crippen molar-refractivity contribution in [1.29, 1.82) is 0 Å². The van der Waals surface area contributed by atoms with Crippen LogP contribution in [0.1, 0.15) is 36.0 Å². The Morgan fingerprint density at radius 3 is 3.15 bits per heavy atom. The molecule has 2 aliphatic rings. The van der Waals surface area contributed by atoms with E-state index in [-0.39, 0.29) is 0 Å². The Morgan fingerprint density at radius 1 is 1.31 bits per heavy atom. The van der Waals surface area contributed by atoms with E-state index in [0.29, 0.717) is 0 Å². The molecule has 3 rings (SSSR count). The molecule has 1 aromatic rings. The second-order valence-electron chi connectivity index (χ2n) is 4.15. The molecule has 1 aliphatic carbocycles. The van der Waals surface area contributed by atoms with Crippen molar-refractivity contribution in [2.75, 3.05) is 6.61 Å². The van der Waals surface area contributed by atoms with E-state index in [4.69, 9.17) is 4.74 Å². The third kappa shape index (κ3) is 0.932. The molecule has 1 atom stereocenters. The number of ether oxygens (including phenoxy) is 1. The van der Waals surface area contributed by atoms with E-state index in [2.05, 4.69) is 19.1 Å². The molecule has 1 aliphatic heterocycles. The van der Waals surface area contributed by atoms with E-state index < -0.39 is 0 Å². The molecule has 1 heterocycles. The van der Waals surface area contributed by atoms with Crippen molar-refractivity contribution in [3.8, 4) is 5.75 Å². The van der Waals surface area contributed by atoms with Gasteiger partial charge in [-0.15, -0.1) is 0 Å². The van der Waals surface area contributed by atoms with Gasteiger partial charge < -0.3 is 4.74 Å². The summed E-state index contributed by atoms with van der Waals surface area (Å²) in [6.45, 7) is 3.23. The fourth-order valence-corrected chi connectivity index (χ4v) is 2.70. The fraction of sp³-hybridized carbons (Fsp3) is 0.500. The summed E-state index contributed by atoms with van der Waals surface area (Å²) in [5.74, 6) is 1.90. The molecule has 0 radical (unpaired) electrons. The van der Waals surface area contributed by atoms with Crippen molar-refractivity contribution in [3.63, 3.8) is 0 Å². The topological polar surface area (TPSA) is 9.23 Å². The lowest BCUT2D eigenvalue weighted by atomic mass is 9.96. The molecule has 1 nitrogen and oxygen atoms in total. The number of benzene rings is 1. The molecule has 0 amide bonds. The lowest BCUT2D eigenvalue weighted by Gasteiger charge is -2.09. The predicted octanol–water partition coefficient (Wildman–Crippen LogP) is 2.67. The van der Waals surface area contributed by atoms with Crippen molar-refractivity contribution in [2.24, 2.45) is 0 Å². The van der Waals surface area contributed by atoms with E-state index in [0.717, 1.165) is 24.7 Å². The molecule has 0 fully saturated rings. The van der Waals surface area contributed by atoms with Crippen molar-refractivity contribution in [3.05, 3.63) is 28.8 Å². The summed E-state index contributed by atoms with van der Waals surface area (Å²) in [6.07, 6.45) is 3.72. The third-order valence-electron chi connectivity index (χ3n) is 3.35. The van der Waals surface area contributed by atoms with Crippen LogP contribution in [0.25, 0.3) is 0 Å². The van der Waals surface area contributed by atoms with Gasteiger partial charge in [0, 0.05) is 12.0 Å². The summed E-state index contributed by atoms with van der Waals surface area (Å²) in [6, 6.07) is 4.40. The molecule has 0 bridgehead atoms. The molecular formula is C12H14O. The number of hydrogen-bond acceptors (Lipinski definition) is 1. The van der Waals surface area contributed by atoms with Crippen LogP contribution in [0, 0.1) is 0 Å². The van der Waals surface area contributed by atoms with Gasteiger partial charge in [0.1, 0.15) is 5.75 Å². The van der Waals surface area contributed by atoms with Crippen molar-refractivity contribution in [2.45, 2.75) is 32.1 Å². The zero-order valence-electron chi connectivity index (χ0n) is 7.97. The Labute approximate surface area is 78.7 Å². The normalized spacial score (nSPS) is 23.9. The fourth-order valence-electron chi connectivity index (χ4n) is 2.70. The van der Waals surface area contributed by atoms with Crippen LogP contribution in [0.5, 0.6) is 5.75 Å². The molecule has 68 valence electrons. The van der Waals surface area contributed by atoms with Gasteiger partial charge in [0.25, 0.3) is 0 Å². The Bertz CT molecular complexity index is 354. The number of fused-ring (bicyclic) bond motifs is 3. The summed E-state index contributed by atoms with van der Waals surface area (Å²) in [7, 11) is 0. The lowest BCUT2D eigenvalue weighted by molar-refractivity contribution is 0.357. The summed E-state index contributed by atoms with van der Waals surface area (Å²) >= 11 is 0. The molecule has 0 N–H and O–H groups in total. The van der Waals surface area contributed by atoms with Gasteiger partial charge >= 0.3 is 0 Å². The van der Waals surface area contributed by atoms with Gasteiger partial charge in [0.05, 0.1) is 6.61 Å². The van der Waals surface area contributed by atoms with Crippen LogP contribution in [-0.2, 0) is 12.8 Å². The van der Waals surface area contributed by atoms with Crippen LogP contribution in [0.4, 0.5) is 0 Å². The van der Waals surface area contributed by atoms with Gasteiger partial charge in [-0.25, -0.2) is 0 Å². The van der Waals surface area contributed by atoms with Crippen LogP contribution in [-0.4, -0.2) is 6.61 Å². The van der Waals surface area contributed by atoms with E-state index in [9.17, 15) is 0 Å². The van der Waals surface area contributed by atoms with Gasteiger partial charge in [-0.3, -0.25) is 0 Å². The Morgan fingerprint density at radius 2 is 2.23 bits per heavy atom. The maximum atomic E-state index is 5.57. The van der Waals surface area contributed by atoms with E-state index in [1.807, 2.05) is 0 Å². The van der Waals surface area contributed by atoms with Crippen LogP contribution < -0.4 is 4.74 Å². The highest BCUT2D eigenvalue weighted by atomic mass is 16.5. The average molecular weight is 174 g/mol. The zero-order chi connectivity index (χ0) is 8.84. The Kier molecular flexibility index (Phi) is 1.43. The maximum Gasteiger partial charge on any atom is 0.122 e. The summed E-state index contributed by atoms with van der Waals surface area (Å²) in [4.78, 5) is 0. The molecule has 0 saturated carbocycles. The summed E-state index contributed by atoms with van der Waals surface area (Å²) in [5.41, 5.74) is 4.68. The monoisotopic (exact) mass is 174 g/mol. The first-order valence-corrected chi connectivity index (χ1v) is 5.13. The zero-order valence-corrected chi connectivity index (χ0v) is 7.97. The molecular weight excluding hydrogens is 160 g/mol. The van der Waals surface area contributed by atoms with Gasteiger partial charge in [-0.1, -0.05) is 13.0 Å². The molecule has 1 aromatic carbocycles. The Balaban J connectivity index is 2.23.